The first-order valence-corrected chi connectivity index (χ1v) is 5.52. The Morgan fingerprint density at radius 1 is 1.15 bits per heavy atom. The summed E-state index contributed by atoms with van der Waals surface area (Å²) in [7, 11) is 1.86. The van der Waals surface area contributed by atoms with Gasteiger partial charge in [0.1, 0.15) is 0 Å². The van der Waals surface area contributed by atoms with E-state index in [-0.39, 0.29) is 0 Å². The van der Waals surface area contributed by atoms with Gasteiger partial charge in [-0.05, 0) is 39.5 Å². The number of fused-ring (bicyclic) bond motifs is 2. The average molecular weight is 183 g/mol. The molecule has 0 saturated carbocycles. The van der Waals surface area contributed by atoms with Crippen LogP contribution in [0, 0.1) is 0 Å². The molecule has 2 aliphatic heterocycles. The summed E-state index contributed by atoms with van der Waals surface area (Å²) >= 11 is 0. The molecule has 0 aromatic heterocycles. The molecule has 2 fully saturated rings. The average Bonchev–Trinajstić information content (AvgIpc) is 2.37. The van der Waals surface area contributed by atoms with Crippen molar-refractivity contribution in [3.8, 4) is 0 Å². The molecule has 0 N–H and O–H groups in total. The lowest BCUT2D eigenvalue weighted by Crippen LogP contribution is -2.48. The fourth-order valence-electron chi connectivity index (χ4n) is 3.20. The molecule has 2 aliphatic rings. The summed E-state index contributed by atoms with van der Waals surface area (Å²) in [5.74, 6) is 0. The monoisotopic (exact) mass is 183 g/mol. The van der Waals surface area contributed by atoms with Crippen LogP contribution < -0.4 is 0 Å². The highest BCUT2D eigenvalue weighted by atomic mass is 16.5. The molecule has 0 amide bonds. The first-order chi connectivity index (χ1) is 6.22. The summed E-state index contributed by atoms with van der Waals surface area (Å²) in [5, 5.41) is 0. The zero-order valence-corrected chi connectivity index (χ0v) is 8.99. The molecule has 76 valence electrons. The standard InChI is InChI=1S/C11H21NO/c1-8(2)12-9-4-5-10(12)7-11(6-9)13-3/h8-11H,4-7H2,1-3H3/t9-,10+,11-. The van der Waals surface area contributed by atoms with Gasteiger partial charge in [0.15, 0.2) is 0 Å². The minimum Gasteiger partial charge on any atom is -0.381 e. The van der Waals surface area contributed by atoms with Gasteiger partial charge in [-0.2, -0.15) is 0 Å². The maximum Gasteiger partial charge on any atom is 0.0601 e. The second-order valence-electron chi connectivity index (χ2n) is 4.76. The quantitative estimate of drug-likeness (QED) is 0.649. The van der Waals surface area contributed by atoms with Crippen molar-refractivity contribution in [1.82, 2.24) is 4.90 Å². The van der Waals surface area contributed by atoms with Gasteiger partial charge in [0.2, 0.25) is 0 Å². The second kappa shape index (κ2) is 3.58. The molecule has 3 atom stereocenters. The molecule has 0 aromatic rings. The highest BCUT2D eigenvalue weighted by Crippen LogP contribution is 2.37. The summed E-state index contributed by atoms with van der Waals surface area (Å²) in [4.78, 5) is 2.70. The lowest BCUT2D eigenvalue weighted by molar-refractivity contribution is -0.00637. The van der Waals surface area contributed by atoms with Crippen LogP contribution in [-0.4, -0.2) is 36.2 Å². The van der Waals surface area contributed by atoms with Crippen molar-refractivity contribution in [3.05, 3.63) is 0 Å². The van der Waals surface area contributed by atoms with Gasteiger partial charge in [-0.1, -0.05) is 0 Å². The van der Waals surface area contributed by atoms with Crippen LogP contribution in [0.15, 0.2) is 0 Å². The Balaban J connectivity index is 2.04. The lowest BCUT2D eigenvalue weighted by Gasteiger charge is -2.40. The van der Waals surface area contributed by atoms with Crippen LogP contribution in [0.25, 0.3) is 0 Å². The fraction of sp³-hybridized carbons (Fsp3) is 1.00. The first-order valence-electron chi connectivity index (χ1n) is 5.52. The van der Waals surface area contributed by atoms with Gasteiger partial charge in [-0.15, -0.1) is 0 Å². The van der Waals surface area contributed by atoms with Gasteiger partial charge in [0.25, 0.3) is 0 Å². The number of nitrogens with zero attached hydrogens (tertiary/aromatic N) is 1. The van der Waals surface area contributed by atoms with E-state index in [9.17, 15) is 0 Å². The molecule has 2 heteroatoms. The molecule has 0 aromatic carbocycles. The van der Waals surface area contributed by atoms with Crippen LogP contribution in [0.2, 0.25) is 0 Å². The van der Waals surface area contributed by atoms with Crippen LogP contribution >= 0.6 is 0 Å². The molecular formula is C11H21NO. The molecule has 0 spiro atoms. The Kier molecular flexibility index (Phi) is 2.61. The third kappa shape index (κ3) is 1.62. The van der Waals surface area contributed by atoms with Gasteiger partial charge in [0.05, 0.1) is 6.10 Å². The lowest BCUT2D eigenvalue weighted by atomic mass is 9.98. The highest BCUT2D eigenvalue weighted by Gasteiger charge is 2.41. The normalized spacial score (nSPS) is 40.2. The van der Waals surface area contributed by atoms with Crippen molar-refractivity contribution in [2.24, 2.45) is 0 Å². The van der Waals surface area contributed by atoms with Gasteiger partial charge in [-0.3, -0.25) is 4.90 Å². The third-order valence-corrected chi connectivity index (χ3v) is 3.68. The van der Waals surface area contributed by atoms with Crippen LogP contribution in [0.5, 0.6) is 0 Å². The van der Waals surface area contributed by atoms with E-state index in [4.69, 9.17) is 4.74 Å². The molecule has 0 aliphatic carbocycles. The number of ether oxygens (including phenoxy) is 1. The zero-order chi connectivity index (χ0) is 9.42. The molecule has 2 saturated heterocycles. The van der Waals surface area contributed by atoms with Gasteiger partial charge in [0, 0.05) is 25.2 Å². The van der Waals surface area contributed by atoms with Crippen LogP contribution in [0.4, 0.5) is 0 Å². The van der Waals surface area contributed by atoms with Crippen LogP contribution in [-0.2, 0) is 4.74 Å². The van der Waals surface area contributed by atoms with E-state index in [2.05, 4.69) is 18.7 Å². The predicted octanol–water partition coefficient (Wildman–Crippen LogP) is 2.04. The van der Waals surface area contributed by atoms with E-state index >= 15 is 0 Å². The maximum absolute atomic E-state index is 5.47. The Morgan fingerprint density at radius 3 is 2.08 bits per heavy atom. The van der Waals surface area contributed by atoms with Crippen molar-refractivity contribution in [2.45, 2.75) is 63.8 Å². The van der Waals surface area contributed by atoms with E-state index < -0.39 is 0 Å². The van der Waals surface area contributed by atoms with Gasteiger partial charge < -0.3 is 4.74 Å². The highest BCUT2D eigenvalue weighted by molar-refractivity contribution is 4.96. The minimum absolute atomic E-state index is 0.535. The Morgan fingerprint density at radius 2 is 1.69 bits per heavy atom. The van der Waals surface area contributed by atoms with Crippen molar-refractivity contribution in [1.29, 1.82) is 0 Å². The van der Waals surface area contributed by atoms with E-state index in [0.717, 1.165) is 18.1 Å². The van der Waals surface area contributed by atoms with Crippen molar-refractivity contribution in [2.75, 3.05) is 7.11 Å². The SMILES string of the molecule is CO[C@@H]1C[C@H]2CC[C@@H](C1)N2C(C)C. The third-order valence-electron chi connectivity index (χ3n) is 3.68. The second-order valence-corrected chi connectivity index (χ2v) is 4.76. The van der Waals surface area contributed by atoms with Crippen LogP contribution in [0.3, 0.4) is 0 Å². The van der Waals surface area contributed by atoms with E-state index in [1.165, 1.54) is 25.7 Å². The number of hydrogen-bond donors (Lipinski definition) is 0. The molecular weight excluding hydrogens is 162 g/mol. The minimum atomic E-state index is 0.535. The smallest absolute Gasteiger partial charge is 0.0601 e. The molecule has 2 rings (SSSR count). The van der Waals surface area contributed by atoms with E-state index in [1.807, 2.05) is 7.11 Å². The molecule has 0 unspecified atom stereocenters. The van der Waals surface area contributed by atoms with E-state index in [0.29, 0.717) is 6.10 Å². The topological polar surface area (TPSA) is 12.5 Å². The molecule has 2 heterocycles. The van der Waals surface area contributed by atoms with Crippen molar-refractivity contribution in [3.63, 3.8) is 0 Å². The summed E-state index contributed by atoms with van der Waals surface area (Å²) in [6.07, 6.45) is 5.83. The molecule has 0 radical (unpaired) electrons. The molecule has 13 heavy (non-hydrogen) atoms. The summed E-state index contributed by atoms with van der Waals surface area (Å²) in [5.41, 5.74) is 0. The number of methoxy groups -OCH3 is 1. The first kappa shape index (κ1) is 9.47. The number of hydrogen-bond acceptors (Lipinski definition) is 2. The molecule has 2 nitrogen and oxygen atoms in total. The van der Waals surface area contributed by atoms with E-state index in [1.54, 1.807) is 0 Å². The van der Waals surface area contributed by atoms with Crippen LogP contribution in [0.1, 0.15) is 39.5 Å². The predicted molar refractivity (Wildman–Crippen MR) is 53.8 cm³/mol. The fourth-order valence-corrected chi connectivity index (χ4v) is 3.20. The Hall–Kier alpha value is -0.0800. The van der Waals surface area contributed by atoms with Crippen molar-refractivity contribution >= 4 is 0 Å². The van der Waals surface area contributed by atoms with Crippen molar-refractivity contribution < 1.29 is 4.74 Å². The maximum atomic E-state index is 5.47. The summed E-state index contributed by atoms with van der Waals surface area (Å²) in [6, 6.07) is 2.34. The summed E-state index contributed by atoms with van der Waals surface area (Å²) < 4.78 is 5.47. The van der Waals surface area contributed by atoms with Gasteiger partial charge >= 0.3 is 0 Å². The largest absolute Gasteiger partial charge is 0.381 e. The number of piperidine rings is 1. The Bertz CT molecular complexity index is 167. The van der Waals surface area contributed by atoms with Gasteiger partial charge in [-0.25, -0.2) is 0 Å². The molecule has 2 bridgehead atoms. The summed E-state index contributed by atoms with van der Waals surface area (Å²) in [6.45, 7) is 4.64. The Labute approximate surface area is 81.3 Å². The zero-order valence-electron chi connectivity index (χ0n) is 8.99. The number of rotatable bonds is 2.